The molecule has 4 aromatic rings. The van der Waals surface area contributed by atoms with Crippen molar-refractivity contribution >= 4 is 17.4 Å². The van der Waals surface area contributed by atoms with Crippen LogP contribution in [0, 0.1) is 6.92 Å². The van der Waals surface area contributed by atoms with Gasteiger partial charge < -0.3 is 5.32 Å². The second-order valence-electron chi connectivity index (χ2n) is 6.64. The van der Waals surface area contributed by atoms with E-state index >= 15 is 0 Å². The van der Waals surface area contributed by atoms with Crippen molar-refractivity contribution in [2.45, 2.75) is 13.1 Å². The van der Waals surface area contributed by atoms with E-state index in [2.05, 4.69) is 10.3 Å². The lowest BCUT2D eigenvalue weighted by Gasteiger charge is -2.10. The lowest BCUT2D eigenvalue weighted by Crippen LogP contribution is -2.15. The first-order chi connectivity index (χ1) is 13.8. The highest BCUT2D eigenvalue weighted by molar-refractivity contribution is 6.06. The molecule has 7 heteroatoms. The number of imidazole rings is 1. The van der Waals surface area contributed by atoms with E-state index in [1.165, 1.54) is 12.1 Å². The van der Waals surface area contributed by atoms with Gasteiger partial charge in [0.05, 0.1) is 5.56 Å². The van der Waals surface area contributed by atoms with E-state index in [-0.39, 0.29) is 5.56 Å². The molecule has 0 aliphatic rings. The third-order valence-corrected chi connectivity index (χ3v) is 4.51. The Hall–Kier alpha value is -3.61. The van der Waals surface area contributed by atoms with Crippen LogP contribution in [0.1, 0.15) is 21.5 Å². The van der Waals surface area contributed by atoms with Crippen LogP contribution in [0.5, 0.6) is 0 Å². The summed E-state index contributed by atoms with van der Waals surface area (Å²) in [4.78, 5) is 17.4. The molecule has 0 unspecified atom stereocenters. The number of nitrogens with zero attached hydrogens (tertiary/aromatic N) is 2. The molecule has 0 spiro atoms. The number of halogens is 3. The van der Waals surface area contributed by atoms with Gasteiger partial charge in [0.25, 0.3) is 5.91 Å². The van der Waals surface area contributed by atoms with Crippen LogP contribution in [0.3, 0.4) is 0 Å². The second kappa shape index (κ2) is 7.09. The van der Waals surface area contributed by atoms with E-state index in [4.69, 9.17) is 0 Å². The molecule has 29 heavy (non-hydrogen) atoms. The molecule has 0 atom stereocenters. The Kier molecular flexibility index (Phi) is 4.58. The summed E-state index contributed by atoms with van der Waals surface area (Å²) < 4.78 is 40.7. The van der Waals surface area contributed by atoms with E-state index in [1.54, 1.807) is 10.6 Å². The van der Waals surface area contributed by atoms with Crippen LogP contribution in [0.25, 0.3) is 16.9 Å². The molecule has 1 N–H and O–H groups in total. The van der Waals surface area contributed by atoms with Crippen molar-refractivity contribution in [2.75, 3.05) is 5.32 Å². The number of pyridine rings is 1. The Labute approximate surface area is 164 Å². The predicted octanol–water partition coefficient (Wildman–Crippen LogP) is 5.58. The Morgan fingerprint density at radius 2 is 1.76 bits per heavy atom. The normalized spacial score (nSPS) is 11.6. The van der Waals surface area contributed by atoms with E-state index in [9.17, 15) is 18.0 Å². The van der Waals surface area contributed by atoms with Gasteiger partial charge in [-0.05, 0) is 42.8 Å². The zero-order chi connectivity index (χ0) is 20.6. The first kappa shape index (κ1) is 18.7. The molecule has 0 aliphatic carbocycles. The number of nitrogens with one attached hydrogen (secondary N) is 1. The number of amides is 1. The molecule has 4 rings (SSSR count). The average Bonchev–Trinajstić information content (AvgIpc) is 3.05. The number of carbonyl (C=O) groups is 1. The fourth-order valence-electron chi connectivity index (χ4n) is 3.08. The Balaban J connectivity index is 1.79. The third-order valence-electron chi connectivity index (χ3n) is 4.51. The molecule has 0 radical (unpaired) electrons. The smallest absolute Gasteiger partial charge is 0.306 e. The number of hydrogen-bond acceptors (Lipinski definition) is 2. The van der Waals surface area contributed by atoms with Crippen LogP contribution in [0.4, 0.5) is 19.0 Å². The quantitative estimate of drug-likeness (QED) is 0.492. The predicted molar refractivity (Wildman–Crippen MR) is 105 cm³/mol. The molecule has 1 amide bonds. The van der Waals surface area contributed by atoms with Crippen LogP contribution >= 0.6 is 0 Å². The van der Waals surface area contributed by atoms with Crippen LogP contribution in [0.2, 0.25) is 0 Å². The van der Waals surface area contributed by atoms with Gasteiger partial charge in [-0.3, -0.25) is 9.20 Å². The molecule has 2 heterocycles. The highest BCUT2D eigenvalue weighted by atomic mass is 19.4. The minimum absolute atomic E-state index is 0.0825. The fourth-order valence-corrected chi connectivity index (χ4v) is 3.08. The van der Waals surface area contributed by atoms with Crippen LogP contribution in [-0.4, -0.2) is 15.3 Å². The monoisotopic (exact) mass is 395 g/mol. The highest BCUT2D eigenvalue weighted by Gasteiger charge is 2.31. The van der Waals surface area contributed by atoms with Crippen molar-refractivity contribution in [1.82, 2.24) is 9.38 Å². The van der Waals surface area contributed by atoms with Gasteiger partial charge in [0, 0.05) is 17.3 Å². The van der Waals surface area contributed by atoms with Crippen LogP contribution < -0.4 is 5.32 Å². The summed E-state index contributed by atoms with van der Waals surface area (Å²) >= 11 is 0. The summed E-state index contributed by atoms with van der Waals surface area (Å²) in [5.41, 5.74) is 1.99. The number of benzene rings is 2. The molecular weight excluding hydrogens is 379 g/mol. The minimum Gasteiger partial charge on any atom is -0.306 e. The lowest BCUT2D eigenvalue weighted by molar-refractivity contribution is -0.137. The molecule has 0 bridgehead atoms. The average molecular weight is 395 g/mol. The van der Waals surface area contributed by atoms with E-state index in [0.717, 1.165) is 23.3 Å². The van der Waals surface area contributed by atoms with Gasteiger partial charge in [0.2, 0.25) is 0 Å². The lowest BCUT2D eigenvalue weighted by atomic mass is 10.1. The molecule has 0 saturated carbocycles. The maximum atomic E-state index is 13.0. The van der Waals surface area contributed by atoms with Crippen LogP contribution in [-0.2, 0) is 6.18 Å². The topological polar surface area (TPSA) is 46.4 Å². The van der Waals surface area contributed by atoms with Gasteiger partial charge >= 0.3 is 6.18 Å². The number of anilines is 1. The standard InChI is InChI=1S/C22H16F3N3O/c1-14-10-11-28-18(12-14)26-19(15-6-3-2-4-7-15)20(28)27-21(29)16-8-5-9-17(13-16)22(23,24)25/h2-13H,1H3,(H,27,29). The van der Waals surface area contributed by atoms with Gasteiger partial charge in [-0.15, -0.1) is 0 Å². The van der Waals surface area contributed by atoms with E-state index in [1.807, 2.05) is 49.4 Å². The number of carbonyl (C=O) groups excluding carboxylic acids is 1. The van der Waals surface area contributed by atoms with E-state index in [0.29, 0.717) is 17.2 Å². The number of aryl methyl sites for hydroxylation is 1. The summed E-state index contributed by atoms with van der Waals surface area (Å²) in [6, 6.07) is 17.3. The minimum atomic E-state index is -4.52. The molecule has 0 saturated heterocycles. The molecule has 2 aromatic heterocycles. The number of rotatable bonds is 3. The number of alkyl halides is 3. The summed E-state index contributed by atoms with van der Waals surface area (Å²) in [6.07, 6.45) is -2.75. The van der Waals surface area contributed by atoms with Gasteiger partial charge in [-0.25, -0.2) is 4.98 Å². The highest BCUT2D eigenvalue weighted by Crippen LogP contribution is 2.31. The molecule has 4 nitrogen and oxygen atoms in total. The zero-order valence-electron chi connectivity index (χ0n) is 15.4. The fraction of sp³-hybridized carbons (Fsp3) is 0.0909. The zero-order valence-corrected chi connectivity index (χ0v) is 15.4. The number of fused-ring (bicyclic) bond motifs is 1. The van der Waals surface area contributed by atoms with Gasteiger partial charge in [0.15, 0.2) is 0 Å². The van der Waals surface area contributed by atoms with Crippen molar-refractivity contribution in [3.8, 4) is 11.3 Å². The molecule has 146 valence electrons. The largest absolute Gasteiger partial charge is 0.416 e. The maximum absolute atomic E-state index is 13.0. The van der Waals surface area contributed by atoms with Gasteiger partial charge in [0.1, 0.15) is 17.2 Å². The SMILES string of the molecule is Cc1ccn2c(NC(=O)c3cccc(C(F)(F)F)c3)c(-c3ccccc3)nc2c1. The van der Waals surface area contributed by atoms with Crippen molar-refractivity contribution < 1.29 is 18.0 Å². The first-order valence-electron chi connectivity index (χ1n) is 8.86. The van der Waals surface area contributed by atoms with Crippen molar-refractivity contribution in [3.63, 3.8) is 0 Å². The van der Waals surface area contributed by atoms with Gasteiger partial charge in [-0.1, -0.05) is 36.4 Å². The Morgan fingerprint density at radius 3 is 2.48 bits per heavy atom. The number of hydrogen-bond donors (Lipinski definition) is 1. The van der Waals surface area contributed by atoms with E-state index < -0.39 is 17.6 Å². The van der Waals surface area contributed by atoms with Crippen molar-refractivity contribution in [2.24, 2.45) is 0 Å². The summed E-state index contributed by atoms with van der Waals surface area (Å²) in [7, 11) is 0. The van der Waals surface area contributed by atoms with Crippen molar-refractivity contribution in [1.29, 1.82) is 0 Å². The number of aromatic nitrogens is 2. The summed E-state index contributed by atoms with van der Waals surface area (Å²) in [5, 5.41) is 2.74. The van der Waals surface area contributed by atoms with Crippen molar-refractivity contribution in [3.05, 3.63) is 89.6 Å². The summed E-state index contributed by atoms with van der Waals surface area (Å²) in [6.45, 7) is 1.93. The third kappa shape index (κ3) is 3.71. The Morgan fingerprint density at radius 1 is 1.00 bits per heavy atom. The second-order valence-corrected chi connectivity index (χ2v) is 6.64. The molecular formula is C22H16F3N3O. The first-order valence-corrected chi connectivity index (χ1v) is 8.86. The Bertz CT molecular complexity index is 1200. The van der Waals surface area contributed by atoms with Gasteiger partial charge in [-0.2, -0.15) is 13.2 Å². The molecule has 0 fully saturated rings. The molecule has 2 aromatic carbocycles. The molecule has 0 aliphatic heterocycles. The maximum Gasteiger partial charge on any atom is 0.416 e. The summed E-state index contributed by atoms with van der Waals surface area (Å²) in [5.74, 6) is -0.246. The van der Waals surface area contributed by atoms with Crippen LogP contribution in [0.15, 0.2) is 72.9 Å².